The normalized spacial score (nSPS) is 12.1. The van der Waals surface area contributed by atoms with Gasteiger partial charge in [-0.3, -0.25) is 0 Å². The van der Waals surface area contributed by atoms with Gasteiger partial charge in [0, 0.05) is 13.0 Å². The van der Waals surface area contributed by atoms with Crippen molar-refractivity contribution in [3.8, 4) is 5.75 Å². The van der Waals surface area contributed by atoms with Crippen LogP contribution in [0.4, 0.5) is 0 Å². The number of nitrogens with one attached hydrogen (secondary N) is 1. The van der Waals surface area contributed by atoms with Gasteiger partial charge in [-0.15, -0.1) is 0 Å². The Labute approximate surface area is 115 Å². The largest absolute Gasteiger partial charge is 0.489 e. The molecule has 1 atom stereocenters. The minimum Gasteiger partial charge on any atom is -0.489 e. The summed E-state index contributed by atoms with van der Waals surface area (Å²) in [5.74, 6) is 0.981. The first-order valence-electron chi connectivity index (χ1n) is 6.72. The van der Waals surface area contributed by atoms with Crippen LogP contribution in [0.3, 0.4) is 0 Å². The molecule has 1 N–H and O–H groups in total. The zero-order chi connectivity index (χ0) is 13.5. The fraction of sp³-hybridized carbons (Fsp3) is 0.294. The topological polar surface area (TPSA) is 21.3 Å². The second-order valence-electron chi connectivity index (χ2n) is 4.76. The molecule has 2 rings (SSSR count). The minimum absolute atomic E-state index is 0.168. The first-order valence-corrected chi connectivity index (χ1v) is 6.72. The van der Waals surface area contributed by atoms with E-state index in [2.05, 4.69) is 48.6 Å². The van der Waals surface area contributed by atoms with Crippen molar-refractivity contribution in [3.05, 3.63) is 65.7 Å². The van der Waals surface area contributed by atoms with Gasteiger partial charge in [0.1, 0.15) is 11.9 Å². The smallest absolute Gasteiger partial charge is 0.123 e. The van der Waals surface area contributed by atoms with Crippen LogP contribution in [0.1, 0.15) is 18.1 Å². The van der Waals surface area contributed by atoms with Crippen molar-refractivity contribution in [2.24, 2.45) is 0 Å². The van der Waals surface area contributed by atoms with Crippen LogP contribution < -0.4 is 10.1 Å². The van der Waals surface area contributed by atoms with E-state index in [1.54, 1.807) is 0 Å². The molecule has 0 saturated heterocycles. The zero-order valence-electron chi connectivity index (χ0n) is 11.6. The van der Waals surface area contributed by atoms with Crippen LogP contribution in [0.2, 0.25) is 0 Å². The highest BCUT2D eigenvalue weighted by Crippen LogP contribution is 2.22. The lowest BCUT2D eigenvalue weighted by atomic mass is 10.0. The summed E-state index contributed by atoms with van der Waals surface area (Å²) < 4.78 is 6.00. The lowest BCUT2D eigenvalue weighted by Gasteiger charge is -2.17. The van der Waals surface area contributed by atoms with Crippen LogP contribution in [0, 0.1) is 0 Å². The molecule has 0 fully saturated rings. The molecule has 0 aliphatic carbocycles. The number of rotatable bonds is 6. The maximum atomic E-state index is 6.00. The average molecular weight is 255 g/mol. The minimum atomic E-state index is 0.168. The van der Waals surface area contributed by atoms with Crippen LogP contribution in [0.15, 0.2) is 54.6 Å². The van der Waals surface area contributed by atoms with Gasteiger partial charge in [-0.1, -0.05) is 48.5 Å². The highest BCUT2D eigenvalue weighted by Gasteiger charge is 2.07. The maximum absolute atomic E-state index is 6.00. The molecule has 0 bridgehead atoms. The fourth-order valence-electron chi connectivity index (χ4n) is 2.13. The monoisotopic (exact) mass is 255 g/mol. The van der Waals surface area contributed by atoms with E-state index in [9.17, 15) is 0 Å². The summed E-state index contributed by atoms with van der Waals surface area (Å²) in [6.45, 7) is 2.93. The highest BCUT2D eigenvalue weighted by atomic mass is 16.5. The molecule has 2 aromatic rings. The fourth-order valence-corrected chi connectivity index (χ4v) is 2.13. The van der Waals surface area contributed by atoms with Crippen molar-refractivity contribution in [2.75, 3.05) is 13.6 Å². The average Bonchev–Trinajstić information content (AvgIpc) is 2.42. The number of likely N-dealkylation sites (N-methyl/N-ethyl adjacent to an activating group) is 1. The van der Waals surface area contributed by atoms with Gasteiger partial charge in [-0.2, -0.15) is 0 Å². The first-order chi connectivity index (χ1) is 9.29. The third-order valence-corrected chi connectivity index (χ3v) is 3.03. The van der Waals surface area contributed by atoms with E-state index < -0.39 is 0 Å². The Morgan fingerprint density at radius 1 is 1.00 bits per heavy atom. The van der Waals surface area contributed by atoms with Crippen molar-refractivity contribution in [1.82, 2.24) is 5.32 Å². The number of para-hydroxylation sites is 1. The molecule has 2 nitrogen and oxygen atoms in total. The third kappa shape index (κ3) is 4.11. The van der Waals surface area contributed by atoms with Crippen LogP contribution in [-0.4, -0.2) is 19.7 Å². The van der Waals surface area contributed by atoms with E-state index >= 15 is 0 Å². The molecule has 1 unspecified atom stereocenters. The molecule has 100 valence electrons. The van der Waals surface area contributed by atoms with Gasteiger partial charge in [0.25, 0.3) is 0 Å². The second-order valence-corrected chi connectivity index (χ2v) is 4.76. The molecular formula is C17H21NO. The van der Waals surface area contributed by atoms with Crippen molar-refractivity contribution in [3.63, 3.8) is 0 Å². The van der Waals surface area contributed by atoms with Crippen molar-refractivity contribution in [2.45, 2.75) is 19.4 Å². The molecule has 0 aliphatic heterocycles. The molecular weight excluding hydrogens is 234 g/mol. The van der Waals surface area contributed by atoms with E-state index in [1.165, 1.54) is 11.1 Å². The van der Waals surface area contributed by atoms with Crippen molar-refractivity contribution >= 4 is 0 Å². The summed E-state index contributed by atoms with van der Waals surface area (Å²) in [4.78, 5) is 0. The second kappa shape index (κ2) is 6.95. The number of hydrogen-bond acceptors (Lipinski definition) is 2. The van der Waals surface area contributed by atoms with Gasteiger partial charge in [0.2, 0.25) is 0 Å². The number of hydrogen-bond donors (Lipinski definition) is 1. The first kappa shape index (κ1) is 13.6. The van der Waals surface area contributed by atoms with Gasteiger partial charge >= 0.3 is 0 Å². The van der Waals surface area contributed by atoms with Gasteiger partial charge in [-0.05, 0) is 31.2 Å². The van der Waals surface area contributed by atoms with E-state index in [0.717, 1.165) is 18.7 Å². The molecule has 0 aliphatic rings. The molecule has 19 heavy (non-hydrogen) atoms. The molecule has 0 spiro atoms. The van der Waals surface area contributed by atoms with E-state index in [4.69, 9.17) is 4.74 Å². The summed E-state index contributed by atoms with van der Waals surface area (Å²) >= 11 is 0. The molecule has 0 heterocycles. The van der Waals surface area contributed by atoms with E-state index in [1.807, 2.05) is 25.2 Å². The summed E-state index contributed by atoms with van der Waals surface area (Å²) in [6.07, 6.45) is 1.07. The SMILES string of the molecule is CNCC(C)Oc1ccccc1Cc1ccccc1. The molecule has 2 heteroatoms. The molecule has 0 radical (unpaired) electrons. The Morgan fingerprint density at radius 3 is 2.42 bits per heavy atom. The van der Waals surface area contributed by atoms with Gasteiger partial charge in [0.05, 0.1) is 0 Å². The van der Waals surface area contributed by atoms with Gasteiger partial charge in [-0.25, -0.2) is 0 Å². The molecule has 0 amide bonds. The van der Waals surface area contributed by atoms with Crippen LogP contribution in [0.25, 0.3) is 0 Å². The standard InChI is InChI=1S/C17H21NO/c1-14(13-18-2)19-17-11-7-6-10-16(17)12-15-8-4-3-5-9-15/h3-11,14,18H,12-13H2,1-2H3. The zero-order valence-corrected chi connectivity index (χ0v) is 11.6. The van der Waals surface area contributed by atoms with Crippen LogP contribution in [-0.2, 0) is 6.42 Å². The van der Waals surface area contributed by atoms with Crippen LogP contribution >= 0.6 is 0 Å². The molecule has 0 saturated carbocycles. The Kier molecular flexibility index (Phi) is 4.99. The Morgan fingerprint density at radius 2 is 1.68 bits per heavy atom. The van der Waals surface area contributed by atoms with Crippen molar-refractivity contribution in [1.29, 1.82) is 0 Å². The summed E-state index contributed by atoms with van der Waals surface area (Å²) in [7, 11) is 1.94. The van der Waals surface area contributed by atoms with Crippen molar-refractivity contribution < 1.29 is 4.74 Å². The molecule has 0 aromatic heterocycles. The Bertz CT molecular complexity index is 496. The van der Waals surface area contributed by atoms with E-state index in [-0.39, 0.29) is 6.10 Å². The predicted molar refractivity (Wildman–Crippen MR) is 79.7 cm³/mol. The van der Waals surface area contributed by atoms with E-state index in [0.29, 0.717) is 0 Å². The Balaban J connectivity index is 2.12. The summed E-state index contributed by atoms with van der Waals surface area (Å²) in [5.41, 5.74) is 2.54. The van der Waals surface area contributed by atoms with Gasteiger partial charge in [0.15, 0.2) is 0 Å². The third-order valence-electron chi connectivity index (χ3n) is 3.03. The Hall–Kier alpha value is -1.80. The summed E-state index contributed by atoms with van der Waals surface area (Å²) in [5, 5.41) is 3.13. The quantitative estimate of drug-likeness (QED) is 0.855. The molecule has 2 aromatic carbocycles. The van der Waals surface area contributed by atoms with Gasteiger partial charge < -0.3 is 10.1 Å². The predicted octanol–water partition coefficient (Wildman–Crippen LogP) is 3.26. The number of benzene rings is 2. The summed E-state index contributed by atoms with van der Waals surface area (Å²) in [6, 6.07) is 18.7. The van der Waals surface area contributed by atoms with Crippen LogP contribution in [0.5, 0.6) is 5.75 Å². The maximum Gasteiger partial charge on any atom is 0.123 e. The number of ether oxygens (including phenoxy) is 1. The lowest BCUT2D eigenvalue weighted by molar-refractivity contribution is 0.219. The highest BCUT2D eigenvalue weighted by molar-refractivity contribution is 5.37. The lowest BCUT2D eigenvalue weighted by Crippen LogP contribution is -2.26.